The third-order valence-electron chi connectivity index (χ3n) is 3.71. The van der Waals surface area contributed by atoms with Gasteiger partial charge in [-0.05, 0) is 20.8 Å². The highest BCUT2D eigenvalue weighted by Gasteiger charge is 2.19. The Labute approximate surface area is 117 Å². The maximum Gasteiger partial charge on any atom is 0.223 e. The minimum absolute atomic E-state index is 0.205. The molecule has 5 nitrogen and oxygen atoms in total. The quantitative estimate of drug-likeness (QED) is 0.735. The Morgan fingerprint density at radius 1 is 1.32 bits per heavy atom. The molecule has 5 heteroatoms. The molecule has 1 amide bonds. The Hall–Kier alpha value is -0.650. The van der Waals surface area contributed by atoms with Crippen molar-refractivity contribution >= 4 is 5.91 Å². The summed E-state index contributed by atoms with van der Waals surface area (Å²) in [5.41, 5.74) is 0. The van der Waals surface area contributed by atoms with Gasteiger partial charge in [0.25, 0.3) is 0 Å². The number of rotatable bonds is 7. The van der Waals surface area contributed by atoms with E-state index in [-0.39, 0.29) is 12.0 Å². The monoisotopic (exact) mass is 271 g/mol. The van der Waals surface area contributed by atoms with Crippen molar-refractivity contribution in [1.29, 1.82) is 0 Å². The fourth-order valence-corrected chi connectivity index (χ4v) is 2.28. The smallest absolute Gasteiger partial charge is 0.223 e. The van der Waals surface area contributed by atoms with Crippen LogP contribution in [0.1, 0.15) is 27.2 Å². The molecule has 1 rings (SSSR count). The first kappa shape index (κ1) is 16.4. The molecule has 1 aliphatic heterocycles. The van der Waals surface area contributed by atoms with Crippen LogP contribution in [0, 0.1) is 0 Å². The number of nitrogens with zero attached hydrogens (tertiary/aromatic N) is 2. The molecule has 1 atom stereocenters. The van der Waals surface area contributed by atoms with Crippen molar-refractivity contribution in [2.75, 3.05) is 46.4 Å². The molecule has 1 saturated heterocycles. The molecule has 1 heterocycles. The Bertz CT molecular complexity index is 265. The summed E-state index contributed by atoms with van der Waals surface area (Å²) < 4.78 is 5.31. The lowest BCUT2D eigenvalue weighted by molar-refractivity contribution is -0.132. The van der Waals surface area contributed by atoms with Crippen molar-refractivity contribution in [1.82, 2.24) is 15.1 Å². The third-order valence-corrected chi connectivity index (χ3v) is 3.71. The number of piperazine rings is 1. The molecule has 0 aromatic rings. The minimum atomic E-state index is 0.205. The molecule has 0 saturated carbocycles. The molecule has 0 radical (unpaired) electrons. The maximum absolute atomic E-state index is 12.1. The molecule has 0 bridgehead atoms. The van der Waals surface area contributed by atoms with Crippen LogP contribution in [0.5, 0.6) is 0 Å². The summed E-state index contributed by atoms with van der Waals surface area (Å²) in [6.07, 6.45) is 0.811. The van der Waals surface area contributed by atoms with E-state index in [0.29, 0.717) is 12.5 Å². The van der Waals surface area contributed by atoms with Gasteiger partial charge in [0.2, 0.25) is 5.91 Å². The van der Waals surface area contributed by atoms with Crippen LogP contribution in [0.25, 0.3) is 0 Å². The van der Waals surface area contributed by atoms with Crippen molar-refractivity contribution in [3.63, 3.8) is 0 Å². The van der Waals surface area contributed by atoms with E-state index >= 15 is 0 Å². The molecular formula is C14H29N3O2. The molecule has 1 fully saturated rings. The maximum atomic E-state index is 12.1. The van der Waals surface area contributed by atoms with E-state index in [1.54, 1.807) is 7.11 Å². The minimum Gasteiger partial charge on any atom is -0.380 e. The van der Waals surface area contributed by atoms with Gasteiger partial charge in [0.1, 0.15) is 0 Å². The first-order chi connectivity index (χ1) is 9.04. The Morgan fingerprint density at radius 2 is 1.95 bits per heavy atom. The van der Waals surface area contributed by atoms with E-state index in [1.807, 2.05) is 4.90 Å². The van der Waals surface area contributed by atoms with Crippen LogP contribution in [0.4, 0.5) is 0 Å². The number of carbonyl (C=O) groups is 1. The zero-order chi connectivity index (χ0) is 14.3. The molecule has 1 aliphatic rings. The summed E-state index contributed by atoms with van der Waals surface area (Å²) in [4.78, 5) is 16.4. The predicted octanol–water partition coefficient (Wildman–Crippen LogP) is 0.554. The van der Waals surface area contributed by atoms with Gasteiger partial charge in [-0.15, -0.1) is 0 Å². The lowest BCUT2D eigenvalue weighted by Gasteiger charge is -2.31. The molecule has 0 aliphatic carbocycles. The van der Waals surface area contributed by atoms with E-state index in [4.69, 9.17) is 4.74 Å². The van der Waals surface area contributed by atoms with Gasteiger partial charge in [-0.2, -0.15) is 0 Å². The number of hydrogen-bond donors (Lipinski definition) is 1. The normalized spacial score (nSPS) is 18.1. The van der Waals surface area contributed by atoms with Crippen molar-refractivity contribution in [2.24, 2.45) is 0 Å². The number of ether oxygens (including phenoxy) is 1. The molecule has 0 aromatic carbocycles. The lowest BCUT2D eigenvalue weighted by atomic mass is 10.2. The molecule has 0 spiro atoms. The second-order valence-electron chi connectivity index (χ2n) is 5.52. The number of hydrogen-bond acceptors (Lipinski definition) is 4. The highest BCUT2D eigenvalue weighted by molar-refractivity contribution is 5.76. The van der Waals surface area contributed by atoms with Gasteiger partial charge in [0.05, 0.1) is 6.10 Å². The van der Waals surface area contributed by atoms with Crippen LogP contribution in [0.2, 0.25) is 0 Å². The van der Waals surface area contributed by atoms with Gasteiger partial charge < -0.3 is 15.0 Å². The van der Waals surface area contributed by atoms with Gasteiger partial charge in [-0.1, -0.05) is 0 Å². The summed E-state index contributed by atoms with van der Waals surface area (Å²) in [5.74, 6) is 0.275. The Morgan fingerprint density at radius 3 is 2.47 bits per heavy atom. The first-order valence-corrected chi connectivity index (χ1v) is 7.30. The van der Waals surface area contributed by atoms with Crippen molar-refractivity contribution in [3.8, 4) is 0 Å². The SMILES string of the molecule is COC(C)CN(CCC(=O)N1CCNCC1)C(C)C. The van der Waals surface area contributed by atoms with Crippen LogP contribution < -0.4 is 5.32 Å². The van der Waals surface area contributed by atoms with E-state index in [0.717, 1.165) is 39.3 Å². The van der Waals surface area contributed by atoms with Crippen LogP contribution in [-0.4, -0.2) is 74.2 Å². The average molecular weight is 271 g/mol. The summed E-state index contributed by atoms with van der Waals surface area (Å²) in [6, 6.07) is 0.438. The second-order valence-corrected chi connectivity index (χ2v) is 5.52. The summed E-state index contributed by atoms with van der Waals surface area (Å²) >= 11 is 0. The van der Waals surface area contributed by atoms with Crippen LogP contribution >= 0.6 is 0 Å². The predicted molar refractivity (Wildman–Crippen MR) is 77.2 cm³/mol. The van der Waals surface area contributed by atoms with E-state index < -0.39 is 0 Å². The van der Waals surface area contributed by atoms with Crippen LogP contribution in [-0.2, 0) is 9.53 Å². The topological polar surface area (TPSA) is 44.8 Å². The van der Waals surface area contributed by atoms with Gasteiger partial charge in [-0.3, -0.25) is 9.69 Å². The van der Waals surface area contributed by atoms with Crippen molar-refractivity contribution < 1.29 is 9.53 Å². The largest absolute Gasteiger partial charge is 0.380 e. The molecule has 1 N–H and O–H groups in total. The van der Waals surface area contributed by atoms with Crippen LogP contribution in [0.15, 0.2) is 0 Å². The first-order valence-electron chi connectivity index (χ1n) is 7.30. The second kappa shape index (κ2) is 8.51. The number of nitrogens with one attached hydrogen (secondary N) is 1. The van der Waals surface area contributed by atoms with E-state index in [1.165, 1.54) is 0 Å². The van der Waals surface area contributed by atoms with Crippen LogP contribution in [0.3, 0.4) is 0 Å². The number of amides is 1. The summed E-state index contributed by atoms with van der Waals surface area (Å²) in [6.45, 7) is 11.6. The molecule has 19 heavy (non-hydrogen) atoms. The summed E-state index contributed by atoms with van der Waals surface area (Å²) in [7, 11) is 1.73. The van der Waals surface area contributed by atoms with Gasteiger partial charge >= 0.3 is 0 Å². The van der Waals surface area contributed by atoms with Gasteiger partial charge in [0.15, 0.2) is 0 Å². The molecule has 112 valence electrons. The van der Waals surface area contributed by atoms with Crippen molar-refractivity contribution in [2.45, 2.75) is 39.3 Å². The molecule has 0 aromatic heterocycles. The van der Waals surface area contributed by atoms with Crippen molar-refractivity contribution in [3.05, 3.63) is 0 Å². The Balaban J connectivity index is 2.35. The number of carbonyl (C=O) groups excluding carboxylic acids is 1. The van der Waals surface area contributed by atoms with Gasteiger partial charge in [-0.25, -0.2) is 0 Å². The van der Waals surface area contributed by atoms with E-state index in [9.17, 15) is 4.79 Å². The molecular weight excluding hydrogens is 242 g/mol. The summed E-state index contributed by atoms with van der Waals surface area (Å²) in [5, 5.41) is 3.27. The molecule has 1 unspecified atom stereocenters. The highest BCUT2D eigenvalue weighted by Crippen LogP contribution is 2.05. The standard InChI is InChI=1S/C14H29N3O2/c1-12(2)17(11-13(3)19-4)8-5-14(18)16-9-6-15-7-10-16/h12-13,15H,5-11H2,1-4H3. The zero-order valence-electron chi connectivity index (χ0n) is 12.8. The third kappa shape index (κ3) is 5.89. The number of methoxy groups -OCH3 is 1. The zero-order valence-corrected chi connectivity index (χ0v) is 12.8. The average Bonchev–Trinajstić information content (AvgIpc) is 2.43. The lowest BCUT2D eigenvalue weighted by Crippen LogP contribution is -2.47. The van der Waals surface area contributed by atoms with Gasteiger partial charge in [0, 0.05) is 58.8 Å². The van der Waals surface area contributed by atoms with E-state index in [2.05, 4.69) is 31.0 Å². The fourth-order valence-electron chi connectivity index (χ4n) is 2.28. The fraction of sp³-hybridized carbons (Fsp3) is 0.929. The highest BCUT2D eigenvalue weighted by atomic mass is 16.5. The Kier molecular flexibility index (Phi) is 7.34.